The summed E-state index contributed by atoms with van der Waals surface area (Å²) >= 11 is 0. The molecule has 1 heterocycles. The van der Waals surface area contributed by atoms with Gasteiger partial charge in [0.15, 0.2) is 0 Å². The Morgan fingerprint density at radius 3 is 2.50 bits per heavy atom. The Labute approximate surface area is 110 Å². The summed E-state index contributed by atoms with van der Waals surface area (Å²) in [6, 6.07) is 0.570. The highest BCUT2D eigenvalue weighted by atomic mass is 16.2. The van der Waals surface area contributed by atoms with E-state index in [0.717, 1.165) is 13.0 Å². The Bertz CT molecular complexity index is 310. The Hall–Kier alpha value is -0.610. The van der Waals surface area contributed by atoms with Crippen LogP contribution >= 0.6 is 0 Å². The molecule has 1 amide bonds. The first kappa shape index (κ1) is 13.8. The van der Waals surface area contributed by atoms with E-state index in [-0.39, 0.29) is 17.5 Å². The van der Waals surface area contributed by atoms with Crippen LogP contribution in [0.25, 0.3) is 0 Å². The van der Waals surface area contributed by atoms with Crippen LogP contribution in [-0.2, 0) is 4.79 Å². The van der Waals surface area contributed by atoms with Crippen molar-refractivity contribution in [2.24, 2.45) is 5.73 Å². The van der Waals surface area contributed by atoms with Crippen LogP contribution in [0.3, 0.4) is 0 Å². The van der Waals surface area contributed by atoms with Crippen LogP contribution in [0.2, 0.25) is 0 Å². The molecule has 0 bridgehead atoms. The molecule has 1 aliphatic carbocycles. The Kier molecular flexibility index (Phi) is 3.97. The van der Waals surface area contributed by atoms with E-state index in [2.05, 4.69) is 18.7 Å². The zero-order valence-electron chi connectivity index (χ0n) is 12.0. The smallest absolute Gasteiger partial charge is 0.239 e. The second-order valence-corrected chi connectivity index (χ2v) is 6.45. The van der Waals surface area contributed by atoms with E-state index >= 15 is 0 Å². The summed E-state index contributed by atoms with van der Waals surface area (Å²) in [5.41, 5.74) is 5.79. The first-order valence-corrected chi connectivity index (χ1v) is 7.21. The van der Waals surface area contributed by atoms with E-state index in [1.807, 2.05) is 11.9 Å². The molecule has 0 aromatic carbocycles. The quantitative estimate of drug-likeness (QED) is 0.822. The minimum absolute atomic E-state index is 0.00755. The van der Waals surface area contributed by atoms with Gasteiger partial charge in [-0.05, 0) is 39.7 Å². The molecule has 1 saturated heterocycles. The third kappa shape index (κ3) is 2.41. The van der Waals surface area contributed by atoms with Crippen LogP contribution in [0, 0.1) is 0 Å². The first-order chi connectivity index (χ1) is 8.47. The fraction of sp³-hybridized carbons (Fsp3) is 0.929. The van der Waals surface area contributed by atoms with Crippen LogP contribution in [0.4, 0.5) is 0 Å². The minimum Gasteiger partial charge on any atom is -0.343 e. The zero-order chi connectivity index (χ0) is 13.3. The van der Waals surface area contributed by atoms with Crippen LogP contribution in [0.5, 0.6) is 0 Å². The molecule has 2 N–H and O–H groups in total. The molecule has 0 aromatic heterocycles. The van der Waals surface area contributed by atoms with Gasteiger partial charge in [0.1, 0.15) is 0 Å². The lowest BCUT2D eigenvalue weighted by Gasteiger charge is -2.53. The number of hydrogen-bond donors (Lipinski definition) is 1. The summed E-state index contributed by atoms with van der Waals surface area (Å²) in [5, 5.41) is 0. The van der Waals surface area contributed by atoms with Crippen molar-refractivity contribution in [1.82, 2.24) is 9.80 Å². The van der Waals surface area contributed by atoms with Gasteiger partial charge in [-0.3, -0.25) is 9.69 Å². The third-order valence-electron chi connectivity index (χ3n) is 4.48. The summed E-state index contributed by atoms with van der Waals surface area (Å²) in [4.78, 5) is 16.8. The van der Waals surface area contributed by atoms with Crippen molar-refractivity contribution in [2.75, 3.05) is 20.1 Å². The molecule has 1 aliphatic heterocycles. The van der Waals surface area contributed by atoms with Crippen molar-refractivity contribution < 1.29 is 4.79 Å². The molecule has 4 heteroatoms. The lowest BCUT2D eigenvalue weighted by atomic mass is 9.90. The van der Waals surface area contributed by atoms with Crippen molar-refractivity contribution in [3.63, 3.8) is 0 Å². The molecule has 1 unspecified atom stereocenters. The van der Waals surface area contributed by atoms with E-state index in [9.17, 15) is 4.79 Å². The summed E-state index contributed by atoms with van der Waals surface area (Å²) in [6.45, 7) is 5.93. The first-order valence-electron chi connectivity index (χ1n) is 7.21. The molecule has 0 spiro atoms. The summed E-state index contributed by atoms with van der Waals surface area (Å²) < 4.78 is 0. The molecule has 18 heavy (non-hydrogen) atoms. The molecule has 1 saturated carbocycles. The number of nitrogens with two attached hydrogens (primary N) is 1. The van der Waals surface area contributed by atoms with Gasteiger partial charge in [0.25, 0.3) is 0 Å². The fourth-order valence-corrected chi connectivity index (χ4v) is 3.89. The van der Waals surface area contributed by atoms with Gasteiger partial charge in [-0.1, -0.05) is 12.8 Å². The number of nitrogens with zero attached hydrogens (tertiary/aromatic N) is 2. The lowest BCUT2D eigenvalue weighted by molar-refractivity contribution is -0.151. The molecule has 2 fully saturated rings. The maximum Gasteiger partial charge on any atom is 0.239 e. The van der Waals surface area contributed by atoms with E-state index < -0.39 is 0 Å². The maximum absolute atomic E-state index is 12.4. The van der Waals surface area contributed by atoms with Gasteiger partial charge in [0.05, 0.1) is 6.04 Å². The standard InChI is InChI=1S/C14H27N3O/c1-14(2)10-16(3)13(18)12(8-9-15)17(14)11-6-4-5-7-11/h11-12H,4-10,15H2,1-3H3. The van der Waals surface area contributed by atoms with E-state index in [1.54, 1.807) is 0 Å². The van der Waals surface area contributed by atoms with Gasteiger partial charge >= 0.3 is 0 Å². The normalized spacial score (nSPS) is 30.1. The Morgan fingerprint density at radius 2 is 1.94 bits per heavy atom. The topological polar surface area (TPSA) is 49.6 Å². The second-order valence-electron chi connectivity index (χ2n) is 6.45. The van der Waals surface area contributed by atoms with E-state index in [1.165, 1.54) is 25.7 Å². The molecule has 2 rings (SSSR count). The van der Waals surface area contributed by atoms with Gasteiger partial charge in [-0.2, -0.15) is 0 Å². The average Bonchev–Trinajstić information content (AvgIpc) is 2.78. The van der Waals surface area contributed by atoms with Gasteiger partial charge in [0, 0.05) is 25.2 Å². The highest BCUT2D eigenvalue weighted by molar-refractivity contribution is 5.82. The van der Waals surface area contributed by atoms with Crippen LogP contribution in [0.15, 0.2) is 0 Å². The van der Waals surface area contributed by atoms with Gasteiger partial charge in [-0.25, -0.2) is 0 Å². The fourth-order valence-electron chi connectivity index (χ4n) is 3.89. The Morgan fingerprint density at radius 1 is 1.33 bits per heavy atom. The van der Waals surface area contributed by atoms with Crippen molar-refractivity contribution in [3.05, 3.63) is 0 Å². The largest absolute Gasteiger partial charge is 0.343 e. The number of hydrogen-bond acceptors (Lipinski definition) is 3. The van der Waals surface area contributed by atoms with Gasteiger partial charge in [0.2, 0.25) is 5.91 Å². The SMILES string of the molecule is CN1CC(C)(C)N(C2CCCC2)C(CCN)C1=O. The monoisotopic (exact) mass is 253 g/mol. The minimum atomic E-state index is -0.00755. The van der Waals surface area contributed by atoms with Gasteiger partial charge in [-0.15, -0.1) is 0 Å². The molecule has 0 aromatic rings. The lowest BCUT2D eigenvalue weighted by Crippen LogP contribution is -2.68. The van der Waals surface area contributed by atoms with Crippen molar-refractivity contribution in [2.45, 2.75) is 63.6 Å². The molecule has 104 valence electrons. The maximum atomic E-state index is 12.4. The van der Waals surface area contributed by atoms with E-state index in [4.69, 9.17) is 5.73 Å². The summed E-state index contributed by atoms with van der Waals surface area (Å²) in [7, 11) is 1.92. The van der Waals surface area contributed by atoms with Crippen molar-refractivity contribution >= 4 is 5.91 Å². The molecule has 2 aliphatic rings. The average molecular weight is 253 g/mol. The van der Waals surface area contributed by atoms with Crippen LogP contribution in [0.1, 0.15) is 46.0 Å². The van der Waals surface area contributed by atoms with Crippen LogP contribution in [-0.4, -0.2) is 53.5 Å². The zero-order valence-corrected chi connectivity index (χ0v) is 12.0. The number of carbonyl (C=O) groups excluding carboxylic acids is 1. The molecular formula is C14H27N3O. The summed E-state index contributed by atoms with van der Waals surface area (Å²) in [6.07, 6.45) is 5.86. The van der Waals surface area contributed by atoms with Crippen molar-refractivity contribution in [3.8, 4) is 0 Å². The number of carbonyl (C=O) groups is 1. The molecule has 4 nitrogen and oxygen atoms in total. The Balaban J connectivity index is 2.25. The number of amides is 1. The number of likely N-dealkylation sites (N-methyl/N-ethyl adjacent to an activating group) is 1. The van der Waals surface area contributed by atoms with Gasteiger partial charge < -0.3 is 10.6 Å². The third-order valence-corrected chi connectivity index (χ3v) is 4.48. The highest BCUT2D eigenvalue weighted by Gasteiger charge is 2.46. The molecule has 0 radical (unpaired) electrons. The van der Waals surface area contributed by atoms with Crippen LogP contribution < -0.4 is 5.73 Å². The number of rotatable bonds is 3. The predicted molar refractivity (Wildman–Crippen MR) is 73.3 cm³/mol. The van der Waals surface area contributed by atoms with Crippen molar-refractivity contribution in [1.29, 1.82) is 0 Å². The highest BCUT2D eigenvalue weighted by Crippen LogP contribution is 2.35. The predicted octanol–water partition coefficient (Wildman–Crippen LogP) is 1.20. The second kappa shape index (κ2) is 5.17. The number of piperazine rings is 1. The molecular weight excluding hydrogens is 226 g/mol. The molecule has 1 atom stereocenters. The summed E-state index contributed by atoms with van der Waals surface area (Å²) in [5.74, 6) is 0.256. The van der Waals surface area contributed by atoms with E-state index in [0.29, 0.717) is 12.6 Å².